The number of aliphatic hydroxyl groups is 1. The summed E-state index contributed by atoms with van der Waals surface area (Å²) in [5.74, 6) is 0.727. The number of halogens is 1. The molecule has 102 valence electrons. The summed E-state index contributed by atoms with van der Waals surface area (Å²) in [5, 5.41) is 16.5. The van der Waals surface area contributed by atoms with E-state index in [1.165, 1.54) is 6.33 Å². The van der Waals surface area contributed by atoms with Crippen molar-refractivity contribution in [3.63, 3.8) is 0 Å². The van der Waals surface area contributed by atoms with Crippen LogP contribution < -0.4 is 5.32 Å². The fourth-order valence-corrected chi connectivity index (χ4v) is 2.86. The Hall–Kier alpha value is -1.69. The van der Waals surface area contributed by atoms with Crippen LogP contribution in [0.4, 0.5) is 5.82 Å². The summed E-state index contributed by atoms with van der Waals surface area (Å²) in [6.45, 7) is -0.0305. The van der Waals surface area contributed by atoms with E-state index in [0.717, 1.165) is 21.6 Å². The minimum Gasteiger partial charge on any atom is -0.394 e. The first-order valence-electron chi connectivity index (χ1n) is 6.09. The van der Waals surface area contributed by atoms with Crippen LogP contribution in [0.25, 0.3) is 10.2 Å². The van der Waals surface area contributed by atoms with E-state index in [9.17, 15) is 5.11 Å². The number of aliphatic hydroxyl groups excluding tert-OH is 1. The van der Waals surface area contributed by atoms with Crippen molar-refractivity contribution >= 4 is 39.0 Å². The number of hydrogen-bond donors (Lipinski definition) is 2. The standard InChI is InChI=1S/C14H12ClN3OS/c15-10-3-1-9(2-4-10)12(7-19)18-13-11-5-6-20-14(11)17-8-16-13/h1-6,8,12,19H,7H2,(H,16,17,18). The highest BCUT2D eigenvalue weighted by atomic mass is 35.5. The second kappa shape index (κ2) is 5.75. The Labute approximate surface area is 125 Å². The molecule has 0 aliphatic rings. The van der Waals surface area contributed by atoms with Gasteiger partial charge in [0.25, 0.3) is 0 Å². The molecule has 2 aromatic heterocycles. The van der Waals surface area contributed by atoms with Gasteiger partial charge in [-0.05, 0) is 29.1 Å². The van der Waals surface area contributed by atoms with E-state index < -0.39 is 0 Å². The van der Waals surface area contributed by atoms with E-state index in [2.05, 4.69) is 15.3 Å². The third-order valence-corrected chi connectivity index (χ3v) is 4.10. The van der Waals surface area contributed by atoms with E-state index in [1.54, 1.807) is 23.5 Å². The third-order valence-electron chi connectivity index (χ3n) is 3.03. The van der Waals surface area contributed by atoms with Crippen LogP contribution in [-0.2, 0) is 0 Å². The van der Waals surface area contributed by atoms with Crippen molar-refractivity contribution in [1.82, 2.24) is 9.97 Å². The predicted molar refractivity (Wildman–Crippen MR) is 82.3 cm³/mol. The second-order valence-electron chi connectivity index (χ2n) is 4.29. The van der Waals surface area contributed by atoms with Gasteiger partial charge < -0.3 is 10.4 Å². The molecule has 0 fully saturated rings. The molecule has 0 radical (unpaired) electrons. The maximum atomic E-state index is 9.60. The first-order chi connectivity index (χ1) is 9.78. The van der Waals surface area contributed by atoms with Crippen LogP contribution in [0.15, 0.2) is 42.0 Å². The summed E-state index contributed by atoms with van der Waals surface area (Å²) in [4.78, 5) is 9.39. The number of anilines is 1. The number of aromatic nitrogens is 2. The van der Waals surface area contributed by atoms with Crippen molar-refractivity contribution in [2.75, 3.05) is 11.9 Å². The highest BCUT2D eigenvalue weighted by Crippen LogP contribution is 2.27. The largest absolute Gasteiger partial charge is 0.394 e. The zero-order chi connectivity index (χ0) is 13.9. The Kier molecular flexibility index (Phi) is 3.82. The molecule has 0 aliphatic carbocycles. The van der Waals surface area contributed by atoms with Crippen molar-refractivity contribution in [3.8, 4) is 0 Å². The molecule has 0 aliphatic heterocycles. The van der Waals surface area contributed by atoms with Gasteiger partial charge in [-0.1, -0.05) is 23.7 Å². The molecule has 20 heavy (non-hydrogen) atoms. The van der Waals surface area contributed by atoms with Gasteiger partial charge in [-0.2, -0.15) is 0 Å². The Morgan fingerprint density at radius 1 is 1.20 bits per heavy atom. The minimum absolute atomic E-state index is 0.0305. The molecule has 2 heterocycles. The van der Waals surface area contributed by atoms with E-state index in [0.29, 0.717) is 5.02 Å². The SMILES string of the molecule is OCC(Nc1ncnc2sccc12)c1ccc(Cl)cc1. The average Bonchev–Trinajstić information content (AvgIpc) is 2.95. The lowest BCUT2D eigenvalue weighted by atomic mass is 10.1. The second-order valence-corrected chi connectivity index (χ2v) is 5.62. The summed E-state index contributed by atoms with van der Waals surface area (Å²) >= 11 is 7.44. The fourth-order valence-electron chi connectivity index (χ4n) is 2.00. The average molecular weight is 306 g/mol. The van der Waals surface area contributed by atoms with Crippen molar-refractivity contribution in [2.24, 2.45) is 0 Å². The van der Waals surface area contributed by atoms with Gasteiger partial charge in [0.1, 0.15) is 17.0 Å². The lowest BCUT2D eigenvalue weighted by Crippen LogP contribution is -2.15. The lowest BCUT2D eigenvalue weighted by molar-refractivity contribution is 0.276. The molecule has 1 unspecified atom stereocenters. The quantitative estimate of drug-likeness (QED) is 0.774. The molecule has 0 bridgehead atoms. The normalized spacial score (nSPS) is 12.5. The molecule has 6 heteroatoms. The summed E-state index contributed by atoms with van der Waals surface area (Å²) in [7, 11) is 0. The molecule has 1 atom stereocenters. The van der Waals surface area contributed by atoms with Crippen LogP contribution >= 0.6 is 22.9 Å². The summed E-state index contributed by atoms with van der Waals surface area (Å²) < 4.78 is 0. The zero-order valence-corrected chi connectivity index (χ0v) is 12.0. The van der Waals surface area contributed by atoms with E-state index in [4.69, 9.17) is 11.6 Å². The van der Waals surface area contributed by atoms with Crippen LogP contribution in [0, 0.1) is 0 Å². The molecule has 0 saturated heterocycles. The first-order valence-corrected chi connectivity index (χ1v) is 7.35. The van der Waals surface area contributed by atoms with Crippen LogP contribution in [0.5, 0.6) is 0 Å². The Bertz CT molecular complexity index is 714. The van der Waals surface area contributed by atoms with E-state index >= 15 is 0 Å². The molecular weight excluding hydrogens is 294 g/mol. The van der Waals surface area contributed by atoms with E-state index in [1.807, 2.05) is 23.6 Å². The highest BCUT2D eigenvalue weighted by Gasteiger charge is 2.13. The number of fused-ring (bicyclic) bond motifs is 1. The number of nitrogens with one attached hydrogen (secondary N) is 1. The molecule has 0 spiro atoms. The van der Waals surface area contributed by atoms with Gasteiger partial charge in [0.15, 0.2) is 0 Å². The van der Waals surface area contributed by atoms with Crippen molar-refractivity contribution < 1.29 is 5.11 Å². The van der Waals surface area contributed by atoms with Crippen LogP contribution in [0.2, 0.25) is 5.02 Å². The Morgan fingerprint density at radius 3 is 2.75 bits per heavy atom. The summed E-state index contributed by atoms with van der Waals surface area (Å²) in [6.07, 6.45) is 1.53. The minimum atomic E-state index is -0.231. The Balaban J connectivity index is 1.91. The van der Waals surface area contributed by atoms with Gasteiger partial charge >= 0.3 is 0 Å². The monoisotopic (exact) mass is 305 g/mol. The maximum Gasteiger partial charge on any atom is 0.138 e. The summed E-state index contributed by atoms with van der Waals surface area (Å²) in [6, 6.07) is 9.14. The van der Waals surface area contributed by atoms with Gasteiger partial charge in [0.05, 0.1) is 18.0 Å². The Morgan fingerprint density at radius 2 is 2.00 bits per heavy atom. The summed E-state index contributed by atoms with van der Waals surface area (Å²) in [5.41, 5.74) is 0.957. The van der Waals surface area contributed by atoms with Crippen LogP contribution in [0.1, 0.15) is 11.6 Å². The van der Waals surface area contributed by atoms with Crippen molar-refractivity contribution in [3.05, 3.63) is 52.6 Å². The van der Waals surface area contributed by atoms with Gasteiger partial charge in [-0.15, -0.1) is 11.3 Å². The highest BCUT2D eigenvalue weighted by molar-refractivity contribution is 7.16. The molecular formula is C14H12ClN3OS. The fraction of sp³-hybridized carbons (Fsp3) is 0.143. The van der Waals surface area contributed by atoms with Crippen molar-refractivity contribution in [2.45, 2.75) is 6.04 Å². The zero-order valence-electron chi connectivity index (χ0n) is 10.5. The maximum absolute atomic E-state index is 9.60. The van der Waals surface area contributed by atoms with Crippen LogP contribution in [0.3, 0.4) is 0 Å². The van der Waals surface area contributed by atoms with Gasteiger partial charge in [-0.3, -0.25) is 0 Å². The molecule has 3 rings (SSSR count). The smallest absolute Gasteiger partial charge is 0.138 e. The van der Waals surface area contributed by atoms with Gasteiger partial charge in [0, 0.05) is 5.02 Å². The predicted octanol–water partition coefficient (Wildman–Crippen LogP) is 3.49. The van der Waals surface area contributed by atoms with Gasteiger partial charge in [-0.25, -0.2) is 9.97 Å². The third kappa shape index (κ3) is 2.60. The lowest BCUT2D eigenvalue weighted by Gasteiger charge is -2.17. The molecule has 0 amide bonds. The topological polar surface area (TPSA) is 58.0 Å². The molecule has 0 saturated carbocycles. The molecule has 3 aromatic rings. The number of thiophene rings is 1. The number of rotatable bonds is 4. The van der Waals surface area contributed by atoms with Gasteiger partial charge in [0.2, 0.25) is 0 Å². The van der Waals surface area contributed by atoms with E-state index in [-0.39, 0.29) is 12.6 Å². The first kappa shape index (κ1) is 13.3. The molecule has 4 nitrogen and oxygen atoms in total. The number of benzene rings is 1. The molecule has 1 aromatic carbocycles. The number of hydrogen-bond acceptors (Lipinski definition) is 5. The van der Waals surface area contributed by atoms with Crippen molar-refractivity contribution in [1.29, 1.82) is 0 Å². The van der Waals surface area contributed by atoms with Crippen LogP contribution in [-0.4, -0.2) is 21.7 Å². The molecule has 2 N–H and O–H groups in total. The number of nitrogens with zero attached hydrogens (tertiary/aromatic N) is 2.